The second-order valence-corrected chi connectivity index (χ2v) is 6.81. The maximum Gasteiger partial charge on any atom is 0.328 e. The van der Waals surface area contributed by atoms with E-state index in [4.69, 9.17) is 4.74 Å². The Morgan fingerprint density at radius 1 is 1.04 bits per heavy atom. The van der Waals surface area contributed by atoms with Gasteiger partial charge in [0.15, 0.2) is 0 Å². The lowest BCUT2D eigenvalue weighted by molar-refractivity contribution is -0.145. The van der Waals surface area contributed by atoms with Crippen LogP contribution >= 0.6 is 0 Å². The van der Waals surface area contributed by atoms with Crippen molar-refractivity contribution in [3.05, 3.63) is 60.2 Å². The van der Waals surface area contributed by atoms with Gasteiger partial charge >= 0.3 is 5.97 Å². The van der Waals surface area contributed by atoms with Crippen molar-refractivity contribution in [2.75, 3.05) is 7.11 Å². The number of benzene rings is 2. The van der Waals surface area contributed by atoms with E-state index in [1.807, 2.05) is 42.5 Å². The number of nitrogens with one attached hydrogen (secondary N) is 1. The fourth-order valence-electron chi connectivity index (χ4n) is 3.51. The Morgan fingerprint density at radius 3 is 2.33 bits per heavy atom. The minimum Gasteiger partial charge on any atom is -0.467 e. The molecule has 0 aromatic heterocycles. The first-order valence-electron chi connectivity index (χ1n) is 9.14. The molecule has 5 nitrogen and oxygen atoms in total. The van der Waals surface area contributed by atoms with Gasteiger partial charge in [-0.3, -0.25) is 9.59 Å². The van der Waals surface area contributed by atoms with Gasteiger partial charge in [0.2, 0.25) is 0 Å². The minimum absolute atomic E-state index is 0.126. The average molecular weight is 365 g/mol. The number of Topliss-reactive ketones (excluding diaryl/α,β-unsaturated/α-hetero) is 1. The average Bonchev–Trinajstić information content (AvgIpc) is 2.72. The Kier molecular flexibility index (Phi) is 6.01. The van der Waals surface area contributed by atoms with E-state index in [-0.39, 0.29) is 17.6 Å². The fraction of sp³-hybridized carbons (Fsp3) is 0.318. The molecule has 0 aliphatic heterocycles. The van der Waals surface area contributed by atoms with Gasteiger partial charge < -0.3 is 10.1 Å². The van der Waals surface area contributed by atoms with Crippen molar-refractivity contribution in [1.29, 1.82) is 0 Å². The summed E-state index contributed by atoms with van der Waals surface area (Å²) in [5.74, 6) is -0.945. The van der Waals surface area contributed by atoms with E-state index in [0.717, 1.165) is 24.0 Å². The molecule has 0 heterocycles. The zero-order valence-electron chi connectivity index (χ0n) is 15.3. The number of amides is 1. The van der Waals surface area contributed by atoms with E-state index < -0.39 is 12.0 Å². The normalized spacial score (nSPS) is 17.8. The summed E-state index contributed by atoms with van der Waals surface area (Å²) in [6.07, 6.45) is 2.30. The van der Waals surface area contributed by atoms with Crippen LogP contribution in [0.4, 0.5) is 0 Å². The van der Waals surface area contributed by atoms with Gasteiger partial charge in [0.05, 0.1) is 7.11 Å². The van der Waals surface area contributed by atoms with Gasteiger partial charge in [-0.05, 0) is 42.0 Å². The van der Waals surface area contributed by atoms with Gasteiger partial charge in [-0.25, -0.2) is 4.79 Å². The van der Waals surface area contributed by atoms with Crippen LogP contribution in [-0.4, -0.2) is 30.8 Å². The number of methoxy groups -OCH3 is 1. The number of ether oxygens (including phenoxy) is 1. The summed E-state index contributed by atoms with van der Waals surface area (Å²) >= 11 is 0. The molecule has 0 radical (unpaired) electrons. The number of ketones is 1. The highest BCUT2D eigenvalue weighted by molar-refractivity contribution is 5.97. The van der Waals surface area contributed by atoms with E-state index in [2.05, 4.69) is 5.32 Å². The van der Waals surface area contributed by atoms with Crippen LogP contribution in [0, 0.1) is 5.92 Å². The van der Waals surface area contributed by atoms with Crippen LogP contribution in [0.3, 0.4) is 0 Å². The lowest BCUT2D eigenvalue weighted by Crippen LogP contribution is -2.48. The molecule has 0 unspecified atom stereocenters. The van der Waals surface area contributed by atoms with Crippen LogP contribution in [0.15, 0.2) is 54.6 Å². The fourth-order valence-corrected chi connectivity index (χ4v) is 3.51. The molecule has 1 saturated carbocycles. The number of carbonyl (C=O) groups is 3. The van der Waals surface area contributed by atoms with Crippen LogP contribution in [0.25, 0.3) is 11.1 Å². The SMILES string of the molecule is COC(=O)[C@H](NC(=O)c1ccc(-c2ccccc2)cc1)[C@H]1CCCC(=O)C1. The number of esters is 1. The largest absolute Gasteiger partial charge is 0.467 e. The molecule has 3 rings (SSSR count). The second kappa shape index (κ2) is 8.62. The molecule has 1 aliphatic carbocycles. The highest BCUT2D eigenvalue weighted by Crippen LogP contribution is 2.25. The first-order chi connectivity index (χ1) is 13.1. The van der Waals surface area contributed by atoms with E-state index in [0.29, 0.717) is 18.4 Å². The monoisotopic (exact) mass is 365 g/mol. The summed E-state index contributed by atoms with van der Waals surface area (Å²) in [7, 11) is 1.29. The maximum absolute atomic E-state index is 12.6. The van der Waals surface area contributed by atoms with Crippen LogP contribution in [0.1, 0.15) is 36.0 Å². The van der Waals surface area contributed by atoms with Crippen molar-refractivity contribution >= 4 is 17.7 Å². The predicted molar refractivity (Wildman–Crippen MR) is 102 cm³/mol. The van der Waals surface area contributed by atoms with Crippen LogP contribution < -0.4 is 5.32 Å². The Balaban J connectivity index is 1.73. The molecule has 1 amide bonds. The predicted octanol–water partition coefficient (Wildman–Crippen LogP) is 3.38. The van der Waals surface area contributed by atoms with Crippen LogP contribution in [0.2, 0.25) is 0 Å². The Bertz CT molecular complexity index is 814. The molecule has 27 heavy (non-hydrogen) atoms. The topological polar surface area (TPSA) is 72.5 Å². The molecule has 2 aromatic rings. The number of rotatable bonds is 5. The molecule has 1 N–H and O–H groups in total. The molecule has 5 heteroatoms. The van der Waals surface area contributed by atoms with E-state index in [9.17, 15) is 14.4 Å². The first kappa shape index (κ1) is 18.8. The third kappa shape index (κ3) is 4.61. The summed E-state index contributed by atoms with van der Waals surface area (Å²) in [5, 5.41) is 2.77. The lowest BCUT2D eigenvalue weighted by Gasteiger charge is -2.28. The molecule has 2 atom stereocenters. The summed E-state index contributed by atoms with van der Waals surface area (Å²) in [6.45, 7) is 0. The van der Waals surface area contributed by atoms with Crippen molar-refractivity contribution in [3.63, 3.8) is 0 Å². The number of hydrogen-bond acceptors (Lipinski definition) is 4. The quantitative estimate of drug-likeness (QED) is 0.825. The van der Waals surface area contributed by atoms with Gasteiger partial charge in [-0.2, -0.15) is 0 Å². The Morgan fingerprint density at radius 2 is 1.70 bits per heavy atom. The zero-order chi connectivity index (χ0) is 19.2. The third-order valence-corrected chi connectivity index (χ3v) is 4.99. The van der Waals surface area contributed by atoms with Gasteiger partial charge in [0, 0.05) is 18.4 Å². The molecule has 0 saturated heterocycles. The summed E-state index contributed by atoms with van der Waals surface area (Å²) in [4.78, 5) is 36.6. The van der Waals surface area contributed by atoms with Crippen molar-refractivity contribution < 1.29 is 19.1 Å². The molecule has 1 fully saturated rings. The number of carbonyl (C=O) groups excluding carboxylic acids is 3. The zero-order valence-corrected chi connectivity index (χ0v) is 15.3. The molecule has 0 bridgehead atoms. The summed E-state index contributed by atoms with van der Waals surface area (Å²) in [5.41, 5.74) is 2.54. The van der Waals surface area contributed by atoms with Crippen molar-refractivity contribution in [3.8, 4) is 11.1 Å². The molecular formula is C22H23NO4. The van der Waals surface area contributed by atoms with Crippen molar-refractivity contribution in [2.24, 2.45) is 5.92 Å². The first-order valence-corrected chi connectivity index (χ1v) is 9.14. The van der Waals surface area contributed by atoms with E-state index in [1.54, 1.807) is 12.1 Å². The smallest absolute Gasteiger partial charge is 0.328 e. The number of hydrogen-bond donors (Lipinski definition) is 1. The van der Waals surface area contributed by atoms with E-state index in [1.165, 1.54) is 7.11 Å². The Hall–Kier alpha value is -2.95. The highest BCUT2D eigenvalue weighted by atomic mass is 16.5. The molecule has 2 aromatic carbocycles. The Labute approximate surface area is 158 Å². The van der Waals surface area contributed by atoms with Gasteiger partial charge in [-0.1, -0.05) is 42.5 Å². The molecular weight excluding hydrogens is 342 g/mol. The maximum atomic E-state index is 12.6. The molecule has 1 aliphatic rings. The summed E-state index contributed by atoms with van der Waals surface area (Å²) in [6, 6.07) is 16.3. The molecule has 0 spiro atoms. The summed E-state index contributed by atoms with van der Waals surface area (Å²) < 4.78 is 4.85. The van der Waals surface area contributed by atoms with Gasteiger partial charge in [-0.15, -0.1) is 0 Å². The standard InChI is InChI=1S/C22H23NO4/c1-27-22(26)20(18-8-5-9-19(24)14-18)23-21(25)17-12-10-16(11-13-17)15-6-3-2-4-7-15/h2-4,6-7,10-13,18,20H,5,8-9,14H2,1H3,(H,23,25)/t18-,20+/m0/s1. The molecule has 140 valence electrons. The van der Waals surface area contributed by atoms with Crippen LogP contribution in [-0.2, 0) is 14.3 Å². The van der Waals surface area contributed by atoms with Gasteiger partial charge in [0.25, 0.3) is 5.91 Å². The third-order valence-electron chi connectivity index (χ3n) is 4.99. The van der Waals surface area contributed by atoms with Gasteiger partial charge in [0.1, 0.15) is 11.8 Å². The second-order valence-electron chi connectivity index (χ2n) is 6.81. The lowest BCUT2D eigenvalue weighted by atomic mass is 9.83. The highest BCUT2D eigenvalue weighted by Gasteiger charge is 2.34. The van der Waals surface area contributed by atoms with Crippen molar-refractivity contribution in [1.82, 2.24) is 5.32 Å². The minimum atomic E-state index is -0.805. The van der Waals surface area contributed by atoms with Crippen LogP contribution in [0.5, 0.6) is 0 Å². The van der Waals surface area contributed by atoms with E-state index >= 15 is 0 Å². The van der Waals surface area contributed by atoms with Crippen molar-refractivity contribution in [2.45, 2.75) is 31.7 Å².